The van der Waals surface area contributed by atoms with Crippen LogP contribution in [0.3, 0.4) is 0 Å². The van der Waals surface area contributed by atoms with Crippen molar-refractivity contribution in [1.82, 2.24) is 10.2 Å². The predicted molar refractivity (Wildman–Crippen MR) is 55.6 cm³/mol. The standard InChI is InChI=1S/C10H24N2/c1-4-5-6-8-11-9-7-10-12(2)3/h11H,4-10H2,1-3H3. The largest absolute Gasteiger partial charge is 0.317 e. The van der Waals surface area contributed by atoms with Gasteiger partial charge in [0, 0.05) is 0 Å². The lowest BCUT2D eigenvalue weighted by atomic mass is 10.2. The van der Waals surface area contributed by atoms with E-state index in [1.54, 1.807) is 0 Å². The second-order valence-corrected chi connectivity index (χ2v) is 3.61. The zero-order chi connectivity index (χ0) is 9.23. The topological polar surface area (TPSA) is 15.3 Å². The lowest BCUT2D eigenvalue weighted by Crippen LogP contribution is -2.21. The number of nitrogens with one attached hydrogen (secondary N) is 1. The maximum absolute atomic E-state index is 3.45. The second kappa shape index (κ2) is 9.01. The van der Waals surface area contributed by atoms with Crippen molar-refractivity contribution >= 4 is 0 Å². The molecule has 0 amide bonds. The average Bonchev–Trinajstić information content (AvgIpc) is 2.02. The Labute approximate surface area is 77.3 Å². The minimum Gasteiger partial charge on any atom is -0.317 e. The number of nitrogens with zero attached hydrogens (tertiary/aromatic N) is 1. The Kier molecular flexibility index (Phi) is 8.95. The van der Waals surface area contributed by atoms with Crippen LogP contribution in [0.25, 0.3) is 0 Å². The van der Waals surface area contributed by atoms with Gasteiger partial charge in [0.15, 0.2) is 0 Å². The molecule has 0 rings (SSSR count). The molecular formula is C10H24N2. The fourth-order valence-electron chi connectivity index (χ4n) is 1.15. The van der Waals surface area contributed by atoms with Gasteiger partial charge in [-0.25, -0.2) is 0 Å². The van der Waals surface area contributed by atoms with E-state index in [9.17, 15) is 0 Å². The molecule has 0 bridgehead atoms. The third-order valence-electron chi connectivity index (χ3n) is 1.92. The maximum Gasteiger partial charge on any atom is -0.00127 e. The summed E-state index contributed by atoms with van der Waals surface area (Å²) in [4.78, 5) is 2.23. The summed E-state index contributed by atoms with van der Waals surface area (Å²) in [5.74, 6) is 0. The van der Waals surface area contributed by atoms with Crippen LogP contribution in [0, 0.1) is 0 Å². The number of hydrogen-bond acceptors (Lipinski definition) is 2. The van der Waals surface area contributed by atoms with E-state index >= 15 is 0 Å². The van der Waals surface area contributed by atoms with Gasteiger partial charge in [0.25, 0.3) is 0 Å². The highest BCUT2D eigenvalue weighted by molar-refractivity contribution is 4.50. The Morgan fingerprint density at radius 1 is 1.00 bits per heavy atom. The van der Waals surface area contributed by atoms with Crippen LogP contribution >= 0.6 is 0 Å². The lowest BCUT2D eigenvalue weighted by Gasteiger charge is -2.09. The van der Waals surface area contributed by atoms with Crippen LogP contribution in [-0.4, -0.2) is 38.6 Å². The molecule has 0 aliphatic rings. The fraction of sp³-hybridized carbons (Fsp3) is 1.00. The van der Waals surface area contributed by atoms with Crippen molar-refractivity contribution in [2.75, 3.05) is 33.7 Å². The van der Waals surface area contributed by atoms with E-state index in [2.05, 4.69) is 31.2 Å². The van der Waals surface area contributed by atoms with Gasteiger partial charge in [-0.2, -0.15) is 0 Å². The van der Waals surface area contributed by atoms with Crippen LogP contribution in [0.2, 0.25) is 0 Å². The molecule has 2 heteroatoms. The minimum atomic E-state index is 1.17. The molecule has 0 aliphatic carbocycles. The Morgan fingerprint density at radius 2 is 1.67 bits per heavy atom. The summed E-state index contributed by atoms with van der Waals surface area (Å²) in [6.07, 6.45) is 5.28. The highest BCUT2D eigenvalue weighted by Crippen LogP contribution is 1.91. The van der Waals surface area contributed by atoms with E-state index in [1.807, 2.05) is 0 Å². The molecule has 2 nitrogen and oxygen atoms in total. The van der Waals surface area contributed by atoms with E-state index in [-0.39, 0.29) is 0 Å². The van der Waals surface area contributed by atoms with Crippen LogP contribution < -0.4 is 5.32 Å². The molecule has 0 aromatic rings. The molecule has 0 unspecified atom stereocenters. The first-order valence-corrected chi connectivity index (χ1v) is 5.12. The van der Waals surface area contributed by atoms with Gasteiger partial charge < -0.3 is 10.2 Å². The molecule has 0 saturated heterocycles. The Bertz CT molecular complexity index is 81.9. The van der Waals surface area contributed by atoms with Gasteiger partial charge in [-0.05, 0) is 46.6 Å². The number of rotatable bonds is 8. The Morgan fingerprint density at radius 3 is 2.25 bits per heavy atom. The molecule has 0 fully saturated rings. The predicted octanol–water partition coefficient (Wildman–Crippen LogP) is 1.72. The molecule has 1 N–H and O–H groups in total. The van der Waals surface area contributed by atoms with Crippen LogP contribution in [0.4, 0.5) is 0 Å². The summed E-state index contributed by atoms with van der Waals surface area (Å²) in [5.41, 5.74) is 0. The third-order valence-corrected chi connectivity index (χ3v) is 1.92. The zero-order valence-electron chi connectivity index (χ0n) is 8.90. The SMILES string of the molecule is CCCCCNCCCN(C)C. The van der Waals surface area contributed by atoms with Crippen molar-refractivity contribution in [3.05, 3.63) is 0 Å². The van der Waals surface area contributed by atoms with Crippen LogP contribution in [0.5, 0.6) is 0 Å². The molecule has 0 heterocycles. The first-order valence-electron chi connectivity index (χ1n) is 5.12. The quantitative estimate of drug-likeness (QED) is 0.561. The van der Waals surface area contributed by atoms with Gasteiger partial charge in [0.2, 0.25) is 0 Å². The van der Waals surface area contributed by atoms with Crippen molar-refractivity contribution in [3.8, 4) is 0 Å². The first kappa shape index (κ1) is 11.9. The molecule has 0 aliphatic heterocycles. The maximum atomic E-state index is 3.45. The third kappa shape index (κ3) is 9.92. The Hall–Kier alpha value is -0.0800. The summed E-state index contributed by atoms with van der Waals surface area (Å²) in [5, 5.41) is 3.45. The lowest BCUT2D eigenvalue weighted by molar-refractivity contribution is 0.394. The van der Waals surface area contributed by atoms with Gasteiger partial charge in [0.05, 0.1) is 0 Å². The monoisotopic (exact) mass is 172 g/mol. The van der Waals surface area contributed by atoms with E-state index in [1.165, 1.54) is 45.3 Å². The van der Waals surface area contributed by atoms with Crippen molar-refractivity contribution < 1.29 is 0 Å². The zero-order valence-corrected chi connectivity index (χ0v) is 8.90. The van der Waals surface area contributed by atoms with Gasteiger partial charge in [-0.1, -0.05) is 19.8 Å². The van der Waals surface area contributed by atoms with Crippen molar-refractivity contribution in [2.45, 2.75) is 32.6 Å². The van der Waals surface area contributed by atoms with E-state index in [0.29, 0.717) is 0 Å². The fourth-order valence-corrected chi connectivity index (χ4v) is 1.15. The average molecular weight is 172 g/mol. The molecular weight excluding hydrogens is 148 g/mol. The van der Waals surface area contributed by atoms with E-state index in [4.69, 9.17) is 0 Å². The van der Waals surface area contributed by atoms with Crippen LogP contribution in [0.1, 0.15) is 32.6 Å². The summed E-state index contributed by atoms with van der Waals surface area (Å²) in [7, 11) is 4.24. The van der Waals surface area contributed by atoms with E-state index < -0.39 is 0 Å². The van der Waals surface area contributed by atoms with Gasteiger partial charge >= 0.3 is 0 Å². The second-order valence-electron chi connectivity index (χ2n) is 3.61. The molecule has 74 valence electrons. The number of unbranched alkanes of at least 4 members (excludes halogenated alkanes) is 2. The summed E-state index contributed by atoms with van der Waals surface area (Å²) >= 11 is 0. The number of hydrogen-bond donors (Lipinski definition) is 1. The molecule has 0 aromatic heterocycles. The minimum absolute atomic E-state index is 1.17. The molecule has 0 atom stereocenters. The summed E-state index contributed by atoms with van der Waals surface area (Å²) in [6, 6.07) is 0. The van der Waals surface area contributed by atoms with E-state index in [0.717, 1.165) is 0 Å². The summed E-state index contributed by atoms with van der Waals surface area (Å²) in [6.45, 7) is 5.80. The highest BCUT2D eigenvalue weighted by atomic mass is 15.0. The molecule has 0 spiro atoms. The van der Waals surface area contributed by atoms with Crippen LogP contribution in [0.15, 0.2) is 0 Å². The Balaban J connectivity index is 2.82. The van der Waals surface area contributed by atoms with Crippen LogP contribution in [-0.2, 0) is 0 Å². The molecule has 0 saturated carbocycles. The molecule has 12 heavy (non-hydrogen) atoms. The smallest absolute Gasteiger partial charge is 0.00127 e. The summed E-state index contributed by atoms with van der Waals surface area (Å²) < 4.78 is 0. The van der Waals surface area contributed by atoms with Crippen molar-refractivity contribution in [1.29, 1.82) is 0 Å². The first-order chi connectivity index (χ1) is 5.77. The van der Waals surface area contributed by atoms with Crippen molar-refractivity contribution in [2.24, 2.45) is 0 Å². The molecule has 0 radical (unpaired) electrons. The highest BCUT2D eigenvalue weighted by Gasteiger charge is 1.90. The van der Waals surface area contributed by atoms with Gasteiger partial charge in [0.1, 0.15) is 0 Å². The van der Waals surface area contributed by atoms with Gasteiger partial charge in [-0.3, -0.25) is 0 Å². The van der Waals surface area contributed by atoms with Crippen molar-refractivity contribution in [3.63, 3.8) is 0 Å². The molecule has 0 aromatic carbocycles. The van der Waals surface area contributed by atoms with Gasteiger partial charge in [-0.15, -0.1) is 0 Å². The normalized spacial score (nSPS) is 11.0.